The molecule has 1 fully saturated rings. The van der Waals surface area contributed by atoms with Crippen LogP contribution in [0.25, 0.3) is 15.9 Å². The number of rotatable bonds is 3. The van der Waals surface area contributed by atoms with Crippen LogP contribution in [0.2, 0.25) is 5.02 Å². The molecular formula is C18H19ClN4OS. The van der Waals surface area contributed by atoms with Gasteiger partial charge in [-0.2, -0.15) is 5.10 Å². The highest BCUT2D eigenvalue weighted by molar-refractivity contribution is 7.20. The maximum absolute atomic E-state index is 12.6. The van der Waals surface area contributed by atoms with Crippen molar-refractivity contribution in [1.82, 2.24) is 20.2 Å². The highest BCUT2D eigenvalue weighted by Crippen LogP contribution is 2.31. The van der Waals surface area contributed by atoms with Crippen molar-refractivity contribution >= 4 is 39.1 Å². The van der Waals surface area contributed by atoms with Gasteiger partial charge in [0.05, 0.1) is 16.3 Å². The third-order valence-electron chi connectivity index (χ3n) is 4.44. The Balaban J connectivity index is 1.66. The zero-order valence-electron chi connectivity index (χ0n) is 14.0. The van der Waals surface area contributed by atoms with E-state index in [4.69, 9.17) is 11.6 Å². The Morgan fingerprint density at radius 1 is 1.24 bits per heavy atom. The second-order valence-electron chi connectivity index (χ2n) is 6.30. The van der Waals surface area contributed by atoms with Gasteiger partial charge in [-0.15, -0.1) is 11.3 Å². The van der Waals surface area contributed by atoms with Gasteiger partial charge in [0, 0.05) is 23.5 Å². The minimum atomic E-state index is -0.0415. The van der Waals surface area contributed by atoms with E-state index in [1.54, 1.807) is 0 Å². The largest absolute Gasteiger partial charge is 0.284 e. The smallest absolute Gasteiger partial charge is 0.275 e. The molecule has 0 saturated carbocycles. The zero-order valence-corrected chi connectivity index (χ0v) is 15.5. The normalized spacial score (nSPS) is 15.6. The van der Waals surface area contributed by atoms with Crippen molar-refractivity contribution < 1.29 is 4.79 Å². The number of carbonyl (C=O) groups excluding carboxylic acids is 1. The Morgan fingerprint density at radius 3 is 2.80 bits per heavy atom. The van der Waals surface area contributed by atoms with Crippen LogP contribution in [0.5, 0.6) is 0 Å². The van der Waals surface area contributed by atoms with E-state index in [1.807, 2.05) is 46.9 Å². The average Bonchev–Trinajstić information content (AvgIpc) is 3.17. The first kappa shape index (κ1) is 16.6. The maximum Gasteiger partial charge on any atom is 0.275 e. The number of nitrogens with zero attached hydrogens (tertiary/aromatic N) is 3. The van der Waals surface area contributed by atoms with Gasteiger partial charge in [-0.1, -0.05) is 24.1 Å². The number of nitrogens with one attached hydrogen (secondary N) is 1. The molecule has 3 aromatic rings. The summed E-state index contributed by atoms with van der Waals surface area (Å²) in [6.07, 6.45) is 3.51. The Hall–Kier alpha value is -1.89. The molecule has 0 radical (unpaired) electrons. The van der Waals surface area contributed by atoms with Gasteiger partial charge in [0.15, 0.2) is 0 Å². The molecule has 0 atom stereocenters. The van der Waals surface area contributed by atoms with Crippen LogP contribution < -0.4 is 5.43 Å². The van der Waals surface area contributed by atoms with Crippen LogP contribution >= 0.6 is 22.9 Å². The Morgan fingerprint density at radius 2 is 2.04 bits per heavy atom. The molecular weight excluding hydrogens is 356 g/mol. The molecule has 25 heavy (non-hydrogen) atoms. The molecule has 1 amide bonds. The molecule has 7 heteroatoms. The highest BCUT2D eigenvalue weighted by atomic mass is 35.5. The standard InChI is InChI=1S/C18H19ClN4OS/c1-12-15-11-16(17(24)21-22-8-3-2-4-9-22)25-18(15)23(20-12)14-7-5-6-13(19)10-14/h5-7,10-11H,2-4,8-9H2,1H3,(H,21,24). The van der Waals surface area contributed by atoms with Gasteiger partial charge in [0.1, 0.15) is 4.83 Å². The molecule has 0 spiro atoms. The molecule has 0 aliphatic carbocycles. The minimum Gasteiger partial charge on any atom is -0.284 e. The Bertz CT molecular complexity index is 926. The summed E-state index contributed by atoms with van der Waals surface area (Å²) in [5, 5.41) is 8.30. The van der Waals surface area contributed by atoms with Crippen LogP contribution in [0.4, 0.5) is 0 Å². The lowest BCUT2D eigenvalue weighted by atomic mass is 10.2. The summed E-state index contributed by atoms with van der Waals surface area (Å²) in [7, 11) is 0. The van der Waals surface area contributed by atoms with Gasteiger partial charge in [-0.3, -0.25) is 10.2 Å². The number of aryl methyl sites for hydroxylation is 1. The number of hydrogen-bond acceptors (Lipinski definition) is 4. The quantitative estimate of drug-likeness (QED) is 0.748. The van der Waals surface area contributed by atoms with Crippen LogP contribution in [0.15, 0.2) is 30.3 Å². The van der Waals surface area contributed by atoms with Gasteiger partial charge < -0.3 is 0 Å². The fraction of sp³-hybridized carbons (Fsp3) is 0.333. The number of hydrogen-bond donors (Lipinski definition) is 1. The number of piperidine rings is 1. The number of hydrazine groups is 1. The fourth-order valence-electron chi connectivity index (χ4n) is 3.15. The summed E-state index contributed by atoms with van der Waals surface area (Å²) in [6, 6.07) is 9.51. The van der Waals surface area contributed by atoms with Crippen LogP contribution in [0, 0.1) is 6.92 Å². The van der Waals surface area contributed by atoms with Crippen LogP contribution in [0.3, 0.4) is 0 Å². The van der Waals surface area contributed by atoms with E-state index < -0.39 is 0 Å². The first-order valence-corrected chi connectivity index (χ1v) is 9.62. The molecule has 1 N–H and O–H groups in total. The fourth-order valence-corrected chi connectivity index (χ4v) is 4.40. The van der Waals surface area contributed by atoms with E-state index in [1.165, 1.54) is 17.8 Å². The van der Waals surface area contributed by atoms with E-state index in [0.717, 1.165) is 47.5 Å². The number of aromatic nitrogens is 2. The lowest BCUT2D eigenvalue weighted by Crippen LogP contribution is -2.44. The van der Waals surface area contributed by atoms with Crippen LogP contribution in [0.1, 0.15) is 34.6 Å². The van der Waals surface area contributed by atoms with Crippen LogP contribution in [-0.2, 0) is 0 Å². The number of amides is 1. The van der Waals surface area contributed by atoms with E-state index in [0.29, 0.717) is 9.90 Å². The Labute approximate surface area is 155 Å². The molecule has 0 unspecified atom stereocenters. The lowest BCUT2D eigenvalue weighted by molar-refractivity contribution is 0.0754. The SMILES string of the molecule is Cc1nn(-c2cccc(Cl)c2)c2sc(C(=O)NN3CCCCC3)cc12. The number of thiophene rings is 1. The van der Waals surface area contributed by atoms with Crippen molar-refractivity contribution in [3.8, 4) is 5.69 Å². The van der Waals surface area contributed by atoms with Crippen molar-refractivity contribution in [3.05, 3.63) is 45.9 Å². The van der Waals surface area contributed by atoms with Gasteiger partial charge >= 0.3 is 0 Å². The van der Waals surface area contributed by atoms with Gasteiger partial charge in [0.2, 0.25) is 0 Å². The van der Waals surface area contributed by atoms with Gasteiger partial charge in [-0.05, 0) is 44.0 Å². The summed E-state index contributed by atoms with van der Waals surface area (Å²) in [4.78, 5) is 14.3. The topological polar surface area (TPSA) is 50.2 Å². The monoisotopic (exact) mass is 374 g/mol. The molecule has 5 nitrogen and oxygen atoms in total. The first-order valence-electron chi connectivity index (χ1n) is 8.43. The van der Waals surface area contributed by atoms with E-state index in [2.05, 4.69) is 10.5 Å². The Kier molecular flexibility index (Phi) is 4.50. The summed E-state index contributed by atoms with van der Waals surface area (Å²) < 4.78 is 1.86. The van der Waals surface area contributed by atoms with Gasteiger partial charge in [-0.25, -0.2) is 9.69 Å². The first-order chi connectivity index (χ1) is 12.1. The minimum absolute atomic E-state index is 0.0415. The van der Waals surface area contributed by atoms with E-state index in [9.17, 15) is 4.79 Å². The number of benzene rings is 1. The number of carbonyl (C=O) groups is 1. The second-order valence-corrected chi connectivity index (χ2v) is 7.76. The lowest BCUT2D eigenvalue weighted by Gasteiger charge is -2.26. The molecule has 1 aliphatic rings. The van der Waals surface area contributed by atoms with Crippen molar-refractivity contribution in [3.63, 3.8) is 0 Å². The zero-order chi connectivity index (χ0) is 17.4. The molecule has 130 valence electrons. The van der Waals surface area contributed by atoms with Gasteiger partial charge in [0.25, 0.3) is 5.91 Å². The molecule has 1 aliphatic heterocycles. The summed E-state index contributed by atoms with van der Waals surface area (Å²) in [5.41, 5.74) is 4.83. The average molecular weight is 375 g/mol. The number of halogens is 1. The van der Waals surface area contributed by atoms with Crippen molar-refractivity contribution in [2.75, 3.05) is 13.1 Å². The summed E-state index contributed by atoms with van der Waals surface area (Å²) in [6.45, 7) is 3.81. The summed E-state index contributed by atoms with van der Waals surface area (Å²) >= 11 is 7.57. The third kappa shape index (κ3) is 3.29. The molecule has 1 saturated heterocycles. The van der Waals surface area contributed by atoms with E-state index >= 15 is 0 Å². The second kappa shape index (κ2) is 6.78. The van der Waals surface area contributed by atoms with Crippen molar-refractivity contribution in [2.24, 2.45) is 0 Å². The third-order valence-corrected chi connectivity index (χ3v) is 5.78. The van der Waals surface area contributed by atoms with Crippen molar-refractivity contribution in [2.45, 2.75) is 26.2 Å². The predicted molar refractivity (Wildman–Crippen MR) is 102 cm³/mol. The molecule has 3 heterocycles. The van der Waals surface area contributed by atoms with Crippen molar-refractivity contribution in [1.29, 1.82) is 0 Å². The molecule has 2 aromatic heterocycles. The molecule has 0 bridgehead atoms. The molecule has 1 aromatic carbocycles. The maximum atomic E-state index is 12.6. The van der Waals surface area contributed by atoms with E-state index in [-0.39, 0.29) is 5.91 Å². The highest BCUT2D eigenvalue weighted by Gasteiger charge is 2.19. The predicted octanol–water partition coefficient (Wildman–Crippen LogP) is 4.18. The molecule has 4 rings (SSSR count). The summed E-state index contributed by atoms with van der Waals surface area (Å²) in [5.74, 6) is -0.0415. The van der Waals surface area contributed by atoms with Crippen LogP contribution in [-0.4, -0.2) is 33.8 Å². The number of fused-ring (bicyclic) bond motifs is 1.